The van der Waals surface area contributed by atoms with Crippen molar-refractivity contribution in [2.75, 3.05) is 36.1 Å². The highest BCUT2D eigenvalue weighted by atomic mass is 16.5. The van der Waals surface area contributed by atoms with Crippen molar-refractivity contribution in [1.29, 1.82) is 0 Å². The lowest BCUT2D eigenvalue weighted by molar-refractivity contribution is 0.328. The van der Waals surface area contributed by atoms with Crippen LogP contribution < -0.4 is 21.1 Å². The highest BCUT2D eigenvalue weighted by molar-refractivity contribution is 5.66. The molecular formula is C11H19N5O. The summed E-state index contributed by atoms with van der Waals surface area (Å²) >= 11 is 0. The van der Waals surface area contributed by atoms with E-state index in [1.807, 2.05) is 6.92 Å². The van der Waals surface area contributed by atoms with Crippen molar-refractivity contribution in [2.24, 2.45) is 0 Å². The van der Waals surface area contributed by atoms with E-state index in [1.165, 1.54) is 6.42 Å². The number of aromatic nitrogens is 2. The van der Waals surface area contributed by atoms with Crippen LogP contribution in [0.25, 0.3) is 0 Å². The summed E-state index contributed by atoms with van der Waals surface area (Å²) in [5.74, 6) is 1.31. The van der Waals surface area contributed by atoms with Crippen molar-refractivity contribution >= 4 is 17.5 Å². The molecule has 0 aliphatic carbocycles. The van der Waals surface area contributed by atoms with Crippen LogP contribution in [-0.2, 0) is 0 Å². The molecule has 1 aromatic heterocycles. The Morgan fingerprint density at radius 1 is 1.18 bits per heavy atom. The number of rotatable bonds is 3. The maximum Gasteiger partial charge on any atom is 0.244 e. The Morgan fingerprint density at radius 2 is 1.88 bits per heavy atom. The first kappa shape index (κ1) is 11.8. The second kappa shape index (κ2) is 5.07. The van der Waals surface area contributed by atoms with Gasteiger partial charge in [0, 0.05) is 13.1 Å². The average molecular weight is 237 g/mol. The fourth-order valence-electron chi connectivity index (χ4n) is 1.94. The third-order valence-corrected chi connectivity index (χ3v) is 2.85. The van der Waals surface area contributed by atoms with Gasteiger partial charge in [-0.2, -0.15) is 9.97 Å². The first-order chi connectivity index (χ1) is 8.22. The van der Waals surface area contributed by atoms with Crippen molar-refractivity contribution in [1.82, 2.24) is 9.97 Å². The Morgan fingerprint density at radius 3 is 2.53 bits per heavy atom. The zero-order chi connectivity index (χ0) is 12.3. The lowest BCUT2D eigenvalue weighted by Crippen LogP contribution is -2.31. The Hall–Kier alpha value is -1.72. The summed E-state index contributed by atoms with van der Waals surface area (Å²) in [6.07, 6.45) is 3.59. The van der Waals surface area contributed by atoms with Gasteiger partial charge in [0.2, 0.25) is 11.8 Å². The Bertz CT molecular complexity index is 390. The second-order valence-corrected chi connectivity index (χ2v) is 4.11. The van der Waals surface area contributed by atoms with Crippen LogP contribution in [0.4, 0.5) is 17.5 Å². The molecule has 1 aliphatic heterocycles. The number of nitrogen functional groups attached to an aromatic ring is 2. The van der Waals surface area contributed by atoms with Gasteiger partial charge in [-0.3, -0.25) is 0 Å². The third-order valence-electron chi connectivity index (χ3n) is 2.85. The molecule has 0 bridgehead atoms. The van der Waals surface area contributed by atoms with Crippen LogP contribution in [0, 0.1) is 0 Å². The molecule has 0 spiro atoms. The summed E-state index contributed by atoms with van der Waals surface area (Å²) in [6, 6.07) is 0. The summed E-state index contributed by atoms with van der Waals surface area (Å²) in [6.45, 7) is 4.34. The van der Waals surface area contributed by atoms with Gasteiger partial charge in [-0.15, -0.1) is 0 Å². The smallest absolute Gasteiger partial charge is 0.244 e. The lowest BCUT2D eigenvalue weighted by Gasteiger charge is -2.27. The van der Waals surface area contributed by atoms with Crippen molar-refractivity contribution in [3.63, 3.8) is 0 Å². The van der Waals surface area contributed by atoms with Crippen LogP contribution in [0.5, 0.6) is 5.88 Å². The highest BCUT2D eigenvalue weighted by Gasteiger charge is 2.17. The summed E-state index contributed by atoms with van der Waals surface area (Å²) in [7, 11) is 0. The Kier molecular flexibility index (Phi) is 3.51. The van der Waals surface area contributed by atoms with Crippen LogP contribution in [0.15, 0.2) is 0 Å². The maximum atomic E-state index is 5.78. The predicted molar refractivity (Wildman–Crippen MR) is 68.1 cm³/mol. The summed E-state index contributed by atoms with van der Waals surface area (Å²) in [4.78, 5) is 10.7. The molecule has 1 aromatic rings. The van der Waals surface area contributed by atoms with E-state index in [4.69, 9.17) is 16.2 Å². The summed E-state index contributed by atoms with van der Waals surface area (Å²) in [5.41, 5.74) is 11.9. The van der Waals surface area contributed by atoms with Gasteiger partial charge >= 0.3 is 0 Å². The van der Waals surface area contributed by atoms with Gasteiger partial charge in [-0.1, -0.05) is 0 Å². The number of hydrogen-bond acceptors (Lipinski definition) is 6. The quantitative estimate of drug-likeness (QED) is 0.816. The van der Waals surface area contributed by atoms with E-state index >= 15 is 0 Å². The molecule has 6 heteroatoms. The van der Waals surface area contributed by atoms with E-state index in [9.17, 15) is 0 Å². The number of nitrogens with two attached hydrogens (primary N) is 2. The molecule has 0 unspecified atom stereocenters. The van der Waals surface area contributed by atoms with Gasteiger partial charge in [-0.25, -0.2) is 0 Å². The van der Waals surface area contributed by atoms with Crippen LogP contribution in [0.2, 0.25) is 0 Å². The van der Waals surface area contributed by atoms with Crippen LogP contribution in [0.3, 0.4) is 0 Å². The standard InChI is InChI=1S/C11H19N5O/c1-2-17-10-8(12)9(13)14-11(15-10)16-6-4-3-5-7-16/h2-7,12H2,1H3,(H2,13,14,15). The molecule has 2 rings (SSSR count). The molecule has 1 saturated heterocycles. The van der Waals surface area contributed by atoms with E-state index in [0.29, 0.717) is 29.9 Å². The average Bonchev–Trinajstić information content (AvgIpc) is 2.36. The van der Waals surface area contributed by atoms with Gasteiger partial charge in [-0.05, 0) is 26.2 Å². The number of hydrogen-bond donors (Lipinski definition) is 2. The van der Waals surface area contributed by atoms with E-state index in [1.54, 1.807) is 0 Å². The lowest BCUT2D eigenvalue weighted by atomic mass is 10.1. The largest absolute Gasteiger partial charge is 0.476 e. The normalized spacial score (nSPS) is 15.9. The van der Waals surface area contributed by atoms with Crippen LogP contribution in [-0.4, -0.2) is 29.7 Å². The fourth-order valence-corrected chi connectivity index (χ4v) is 1.94. The first-order valence-corrected chi connectivity index (χ1v) is 6.03. The van der Waals surface area contributed by atoms with Gasteiger partial charge in [0.25, 0.3) is 0 Å². The number of ether oxygens (including phenoxy) is 1. The minimum Gasteiger partial charge on any atom is -0.476 e. The molecule has 0 aromatic carbocycles. The molecule has 1 aliphatic rings. The molecule has 94 valence electrons. The Balaban J connectivity index is 2.27. The topological polar surface area (TPSA) is 90.3 Å². The molecule has 2 heterocycles. The van der Waals surface area contributed by atoms with Crippen molar-refractivity contribution in [3.8, 4) is 5.88 Å². The molecule has 0 amide bonds. The van der Waals surface area contributed by atoms with E-state index in [-0.39, 0.29) is 0 Å². The summed E-state index contributed by atoms with van der Waals surface area (Å²) < 4.78 is 5.37. The zero-order valence-electron chi connectivity index (χ0n) is 10.1. The molecular weight excluding hydrogens is 218 g/mol. The van der Waals surface area contributed by atoms with Gasteiger partial charge in [0.05, 0.1) is 6.61 Å². The Labute approximate surface area is 101 Å². The first-order valence-electron chi connectivity index (χ1n) is 6.03. The molecule has 0 atom stereocenters. The molecule has 0 radical (unpaired) electrons. The van der Waals surface area contributed by atoms with Gasteiger partial charge in [0.15, 0.2) is 5.82 Å². The van der Waals surface area contributed by atoms with E-state index < -0.39 is 0 Å². The molecule has 4 N–H and O–H groups in total. The van der Waals surface area contributed by atoms with Crippen LogP contribution >= 0.6 is 0 Å². The minimum atomic E-state index is 0.295. The maximum absolute atomic E-state index is 5.78. The summed E-state index contributed by atoms with van der Waals surface area (Å²) in [5, 5.41) is 0. The van der Waals surface area contributed by atoms with Gasteiger partial charge in [0.1, 0.15) is 5.69 Å². The number of anilines is 3. The molecule has 17 heavy (non-hydrogen) atoms. The second-order valence-electron chi connectivity index (χ2n) is 4.11. The SMILES string of the molecule is CCOc1nc(N2CCCCC2)nc(N)c1N. The van der Waals surface area contributed by atoms with Crippen molar-refractivity contribution < 1.29 is 4.74 Å². The third kappa shape index (κ3) is 2.51. The van der Waals surface area contributed by atoms with Crippen molar-refractivity contribution in [2.45, 2.75) is 26.2 Å². The van der Waals surface area contributed by atoms with Crippen LogP contribution in [0.1, 0.15) is 26.2 Å². The van der Waals surface area contributed by atoms with Gasteiger partial charge < -0.3 is 21.1 Å². The highest BCUT2D eigenvalue weighted by Crippen LogP contribution is 2.27. The minimum absolute atomic E-state index is 0.295. The molecule has 1 fully saturated rings. The predicted octanol–water partition coefficient (Wildman–Crippen LogP) is 1.03. The van der Waals surface area contributed by atoms with Crippen molar-refractivity contribution in [3.05, 3.63) is 0 Å². The number of nitrogens with zero attached hydrogens (tertiary/aromatic N) is 3. The molecule has 6 nitrogen and oxygen atoms in total. The fraction of sp³-hybridized carbons (Fsp3) is 0.636. The van der Waals surface area contributed by atoms with E-state index in [0.717, 1.165) is 25.9 Å². The zero-order valence-corrected chi connectivity index (χ0v) is 10.1. The number of piperidine rings is 1. The molecule has 0 saturated carbocycles. The monoisotopic (exact) mass is 237 g/mol. The van der Waals surface area contributed by atoms with E-state index in [2.05, 4.69) is 14.9 Å².